The van der Waals surface area contributed by atoms with Crippen LogP contribution in [-0.4, -0.2) is 15.6 Å². The highest BCUT2D eigenvalue weighted by atomic mass is 35.5. The van der Waals surface area contributed by atoms with Crippen LogP contribution >= 0.6 is 11.6 Å². The van der Waals surface area contributed by atoms with Crippen LogP contribution in [0.3, 0.4) is 0 Å². The maximum atomic E-state index is 5.83. The lowest BCUT2D eigenvalue weighted by atomic mass is 10.1. The number of rotatable bonds is 4. The van der Waals surface area contributed by atoms with Gasteiger partial charge in [-0.25, -0.2) is 9.97 Å². The Morgan fingerprint density at radius 1 is 1.40 bits per heavy atom. The van der Waals surface area contributed by atoms with Crippen molar-refractivity contribution in [1.82, 2.24) is 9.97 Å². The average molecular weight is 229 g/mol. The van der Waals surface area contributed by atoms with Gasteiger partial charge in [-0.05, 0) is 33.3 Å². The van der Waals surface area contributed by atoms with E-state index >= 15 is 0 Å². The standard InChI is InChI=1S/C11H17ClN2O/c1-5-11(3,4)15-7-10-13-8(2)6-9(12)14-10/h6H,5,7H2,1-4H3. The van der Waals surface area contributed by atoms with Crippen LogP contribution in [0.4, 0.5) is 0 Å². The number of ether oxygens (including phenoxy) is 1. The summed E-state index contributed by atoms with van der Waals surface area (Å²) in [6.07, 6.45) is 0.951. The quantitative estimate of drug-likeness (QED) is 0.743. The number of nitrogens with zero attached hydrogens (tertiary/aromatic N) is 2. The third kappa shape index (κ3) is 4.14. The second-order valence-electron chi connectivity index (χ2n) is 4.15. The minimum Gasteiger partial charge on any atom is -0.368 e. The van der Waals surface area contributed by atoms with Crippen LogP contribution in [0.5, 0.6) is 0 Å². The number of aromatic nitrogens is 2. The van der Waals surface area contributed by atoms with Crippen molar-refractivity contribution in [3.05, 3.63) is 22.7 Å². The molecule has 0 atom stereocenters. The molecule has 0 bridgehead atoms. The molecule has 15 heavy (non-hydrogen) atoms. The number of aryl methyl sites for hydroxylation is 1. The first-order valence-electron chi connectivity index (χ1n) is 5.07. The van der Waals surface area contributed by atoms with Gasteiger partial charge in [-0.3, -0.25) is 0 Å². The Labute approximate surface area is 95.8 Å². The Morgan fingerprint density at radius 3 is 2.60 bits per heavy atom. The van der Waals surface area contributed by atoms with Gasteiger partial charge in [-0.15, -0.1) is 0 Å². The summed E-state index contributed by atoms with van der Waals surface area (Å²) in [6.45, 7) is 8.48. The van der Waals surface area contributed by atoms with E-state index in [9.17, 15) is 0 Å². The van der Waals surface area contributed by atoms with Crippen LogP contribution in [0.15, 0.2) is 6.07 Å². The number of hydrogen-bond acceptors (Lipinski definition) is 3. The second kappa shape index (κ2) is 4.90. The monoisotopic (exact) mass is 228 g/mol. The summed E-state index contributed by atoms with van der Waals surface area (Å²) in [6, 6.07) is 1.73. The van der Waals surface area contributed by atoms with E-state index in [4.69, 9.17) is 16.3 Å². The van der Waals surface area contributed by atoms with Crippen LogP contribution in [0.1, 0.15) is 38.7 Å². The molecule has 1 aromatic rings. The van der Waals surface area contributed by atoms with Crippen molar-refractivity contribution >= 4 is 11.6 Å². The first kappa shape index (κ1) is 12.4. The van der Waals surface area contributed by atoms with E-state index in [1.165, 1.54) is 0 Å². The van der Waals surface area contributed by atoms with E-state index in [0.717, 1.165) is 12.1 Å². The van der Waals surface area contributed by atoms with Gasteiger partial charge in [0.25, 0.3) is 0 Å². The summed E-state index contributed by atoms with van der Waals surface area (Å²) >= 11 is 5.83. The fourth-order valence-electron chi connectivity index (χ4n) is 1.02. The summed E-state index contributed by atoms with van der Waals surface area (Å²) in [5.41, 5.74) is 0.724. The van der Waals surface area contributed by atoms with E-state index in [0.29, 0.717) is 17.6 Å². The van der Waals surface area contributed by atoms with Gasteiger partial charge < -0.3 is 4.74 Å². The summed E-state index contributed by atoms with van der Waals surface area (Å²) in [5, 5.41) is 0.468. The normalized spacial score (nSPS) is 11.8. The van der Waals surface area contributed by atoms with Crippen molar-refractivity contribution in [1.29, 1.82) is 0 Å². The molecule has 0 aliphatic rings. The van der Waals surface area contributed by atoms with E-state index in [1.54, 1.807) is 6.07 Å². The molecule has 1 rings (SSSR count). The third-order valence-corrected chi connectivity index (χ3v) is 2.51. The van der Waals surface area contributed by atoms with E-state index in [1.807, 2.05) is 20.8 Å². The predicted octanol–water partition coefficient (Wildman–Crippen LogP) is 3.14. The summed E-state index contributed by atoms with van der Waals surface area (Å²) in [5.74, 6) is 0.640. The lowest BCUT2D eigenvalue weighted by Gasteiger charge is -2.22. The van der Waals surface area contributed by atoms with Crippen molar-refractivity contribution in [2.45, 2.75) is 46.3 Å². The molecule has 0 aliphatic heterocycles. The molecule has 0 unspecified atom stereocenters. The maximum absolute atomic E-state index is 5.83. The third-order valence-electron chi connectivity index (χ3n) is 2.31. The van der Waals surface area contributed by atoms with Gasteiger partial charge >= 0.3 is 0 Å². The largest absolute Gasteiger partial charge is 0.368 e. The Bertz CT molecular complexity index is 319. The molecule has 1 aromatic heterocycles. The highest BCUT2D eigenvalue weighted by Gasteiger charge is 2.16. The van der Waals surface area contributed by atoms with Gasteiger partial charge in [0.05, 0.1) is 5.60 Å². The van der Waals surface area contributed by atoms with E-state index in [-0.39, 0.29) is 5.60 Å². The van der Waals surface area contributed by atoms with E-state index in [2.05, 4.69) is 16.9 Å². The summed E-state index contributed by atoms with van der Waals surface area (Å²) < 4.78 is 5.69. The fourth-order valence-corrected chi connectivity index (χ4v) is 1.27. The summed E-state index contributed by atoms with van der Waals surface area (Å²) in [7, 11) is 0. The Kier molecular flexibility index (Phi) is 4.05. The number of hydrogen-bond donors (Lipinski definition) is 0. The van der Waals surface area contributed by atoms with Gasteiger partial charge in [0.15, 0.2) is 5.82 Å². The van der Waals surface area contributed by atoms with E-state index < -0.39 is 0 Å². The molecular weight excluding hydrogens is 212 g/mol. The zero-order valence-electron chi connectivity index (χ0n) is 9.67. The molecule has 0 aliphatic carbocycles. The van der Waals surface area contributed by atoms with Gasteiger partial charge in [0, 0.05) is 5.69 Å². The minimum absolute atomic E-state index is 0.139. The Balaban J connectivity index is 2.65. The molecule has 3 nitrogen and oxygen atoms in total. The van der Waals surface area contributed by atoms with Gasteiger partial charge in [0.1, 0.15) is 11.8 Å². The molecular formula is C11H17ClN2O. The van der Waals surface area contributed by atoms with Crippen molar-refractivity contribution in [3.63, 3.8) is 0 Å². The summed E-state index contributed by atoms with van der Waals surface area (Å²) in [4.78, 5) is 8.35. The Morgan fingerprint density at radius 2 is 2.07 bits per heavy atom. The molecule has 4 heteroatoms. The van der Waals surface area contributed by atoms with Gasteiger partial charge in [0.2, 0.25) is 0 Å². The first-order valence-corrected chi connectivity index (χ1v) is 5.45. The molecule has 0 aromatic carbocycles. The van der Waals surface area contributed by atoms with Crippen molar-refractivity contribution in [3.8, 4) is 0 Å². The Hall–Kier alpha value is -0.670. The number of halogens is 1. The predicted molar refractivity (Wildman–Crippen MR) is 60.9 cm³/mol. The van der Waals surface area contributed by atoms with Crippen LogP contribution in [-0.2, 0) is 11.3 Å². The van der Waals surface area contributed by atoms with Gasteiger partial charge in [-0.1, -0.05) is 18.5 Å². The molecule has 0 amide bonds. The van der Waals surface area contributed by atoms with Gasteiger partial charge in [-0.2, -0.15) is 0 Å². The van der Waals surface area contributed by atoms with Crippen LogP contribution < -0.4 is 0 Å². The maximum Gasteiger partial charge on any atom is 0.155 e. The van der Waals surface area contributed by atoms with Crippen LogP contribution in [0, 0.1) is 6.92 Å². The van der Waals surface area contributed by atoms with Crippen LogP contribution in [0.25, 0.3) is 0 Å². The molecule has 84 valence electrons. The van der Waals surface area contributed by atoms with Crippen molar-refractivity contribution in [2.24, 2.45) is 0 Å². The average Bonchev–Trinajstić information content (AvgIpc) is 2.14. The highest BCUT2D eigenvalue weighted by molar-refractivity contribution is 6.29. The molecule has 0 saturated heterocycles. The fraction of sp³-hybridized carbons (Fsp3) is 0.636. The lowest BCUT2D eigenvalue weighted by molar-refractivity contribution is -0.0345. The van der Waals surface area contributed by atoms with Crippen molar-refractivity contribution < 1.29 is 4.74 Å². The molecule has 0 fully saturated rings. The smallest absolute Gasteiger partial charge is 0.155 e. The SMILES string of the molecule is CCC(C)(C)OCc1nc(C)cc(Cl)n1. The molecule has 0 N–H and O–H groups in total. The second-order valence-corrected chi connectivity index (χ2v) is 4.54. The first-order chi connectivity index (χ1) is 6.93. The highest BCUT2D eigenvalue weighted by Crippen LogP contribution is 2.16. The molecule has 1 heterocycles. The zero-order chi connectivity index (χ0) is 11.5. The topological polar surface area (TPSA) is 35.0 Å². The molecule has 0 saturated carbocycles. The lowest BCUT2D eigenvalue weighted by Crippen LogP contribution is -2.23. The van der Waals surface area contributed by atoms with Crippen molar-refractivity contribution in [2.75, 3.05) is 0 Å². The molecule has 0 spiro atoms. The molecule has 0 radical (unpaired) electrons. The minimum atomic E-state index is -0.139. The zero-order valence-corrected chi connectivity index (χ0v) is 10.4. The van der Waals surface area contributed by atoms with Crippen LogP contribution in [0.2, 0.25) is 5.15 Å².